The highest BCUT2D eigenvalue weighted by Gasteiger charge is 2.09. The van der Waals surface area contributed by atoms with Crippen molar-refractivity contribution in [3.05, 3.63) is 76.7 Å². The quantitative estimate of drug-likeness (QED) is 0.139. The summed E-state index contributed by atoms with van der Waals surface area (Å²) in [5.74, 6) is 0.715. The van der Waals surface area contributed by atoms with Crippen LogP contribution in [0.3, 0.4) is 0 Å². The summed E-state index contributed by atoms with van der Waals surface area (Å²) in [7, 11) is 0. The summed E-state index contributed by atoms with van der Waals surface area (Å²) in [5.41, 5.74) is 4.66. The number of unbranched alkanes of at least 4 members (excludes halogenated alkanes) is 11. The van der Waals surface area contributed by atoms with Gasteiger partial charge < -0.3 is 10.1 Å². The minimum absolute atomic E-state index is 0.108. The molecule has 194 valence electrons. The Balaban J connectivity index is 1.27. The van der Waals surface area contributed by atoms with Gasteiger partial charge in [-0.25, -0.2) is 0 Å². The molecule has 0 bridgehead atoms. The lowest BCUT2D eigenvalue weighted by Crippen LogP contribution is -2.30. The standard InChI is InChI=1S/C31H42N2O2S/c1-2-3-4-5-6-7-8-9-10-11-12-13-22-35-30-19-17-28(18-20-30)31(34)32-29-16-14-15-27(24-29)25-33-21-23-36-26-33/h14-21,23-24,26H,2-13,22,25H2,1H3/p+1. The van der Waals surface area contributed by atoms with E-state index in [1.54, 1.807) is 11.3 Å². The van der Waals surface area contributed by atoms with Gasteiger partial charge in [-0.3, -0.25) is 4.79 Å². The molecule has 5 heteroatoms. The number of thiazole rings is 1. The van der Waals surface area contributed by atoms with Crippen LogP contribution in [0.2, 0.25) is 0 Å². The predicted octanol–water partition coefficient (Wildman–Crippen LogP) is 8.42. The Hall–Kier alpha value is -2.66. The maximum Gasteiger partial charge on any atom is 0.255 e. The number of benzene rings is 2. The van der Waals surface area contributed by atoms with Gasteiger partial charge in [-0.15, -0.1) is 0 Å². The Labute approximate surface area is 221 Å². The molecule has 0 aliphatic rings. The molecular weight excluding hydrogens is 464 g/mol. The number of anilines is 1. The van der Waals surface area contributed by atoms with Gasteiger partial charge in [0.05, 0.1) is 12.0 Å². The Morgan fingerprint density at radius 2 is 1.53 bits per heavy atom. The summed E-state index contributed by atoms with van der Waals surface area (Å²) >= 11 is 1.67. The topological polar surface area (TPSA) is 42.2 Å². The molecule has 1 heterocycles. The molecule has 1 amide bonds. The van der Waals surface area contributed by atoms with E-state index in [0.29, 0.717) is 5.56 Å². The average molecular weight is 508 g/mol. The summed E-state index contributed by atoms with van der Waals surface area (Å²) < 4.78 is 8.01. The minimum Gasteiger partial charge on any atom is -0.494 e. The SMILES string of the molecule is CCCCCCCCCCCCCCOc1ccc(C(=O)Nc2cccc(C[n+]3ccsc3)c2)cc1. The number of nitrogens with one attached hydrogen (secondary N) is 1. The Morgan fingerprint density at radius 3 is 2.17 bits per heavy atom. The van der Waals surface area contributed by atoms with Crippen LogP contribution in [0.15, 0.2) is 65.6 Å². The monoisotopic (exact) mass is 507 g/mol. The van der Waals surface area contributed by atoms with E-state index in [-0.39, 0.29) is 5.91 Å². The van der Waals surface area contributed by atoms with Crippen molar-refractivity contribution in [3.63, 3.8) is 0 Å². The molecule has 3 rings (SSSR count). The van der Waals surface area contributed by atoms with Gasteiger partial charge in [-0.05, 0) is 42.8 Å². The molecule has 0 unspecified atom stereocenters. The zero-order valence-corrected chi connectivity index (χ0v) is 22.7. The first-order chi connectivity index (χ1) is 17.7. The number of ether oxygens (including phenoxy) is 1. The van der Waals surface area contributed by atoms with Crippen LogP contribution in [0.25, 0.3) is 0 Å². The molecule has 0 saturated heterocycles. The van der Waals surface area contributed by atoms with Crippen molar-refractivity contribution in [2.24, 2.45) is 0 Å². The van der Waals surface area contributed by atoms with Crippen LogP contribution < -0.4 is 14.6 Å². The van der Waals surface area contributed by atoms with Gasteiger partial charge in [0.25, 0.3) is 5.91 Å². The Morgan fingerprint density at radius 1 is 0.861 bits per heavy atom. The van der Waals surface area contributed by atoms with Gasteiger partial charge in [0.2, 0.25) is 5.51 Å². The van der Waals surface area contributed by atoms with E-state index in [2.05, 4.69) is 40.0 Å². The number of carbonyl (C=O) groups excluding carboxylic acids is 1. The fraction of sp³-hybridized carbons (Fsp3) is 0.484. The Kier molecular flexibility index (Phi) is 13.1. The molecule has 0 saturated carbocycles. The molecule has 0 aliphatic carbocycles. The number of rotatable bonds is 18. The number of aromatic nitrogens is 1. The number of hydrogen-bond donors (Lipinski definition) is 1. The third kappa shape index (κ3) is 10.9. The lowest BCUT2D eigenvalue weighted by molar-refractivity contribution is -0.683. The van der Waals surface area contributed by atoms with Crippen molar-refractivity contribution < 1.29 is 14.1 Å². The molecule has 1 aromatic heterocycles. The van der Waals surface area contributed by atoms with Crippen LogP contribution in [0.4, 0.5) is 5.69 Å². The Bertz CT molecular complexity index is 986. The largest absolute Gasteiger partial charge is 0.494 e. The maximum absolute atomic E-state index is 12.7. The van der Waals surface area contributed by atoms with Crippen molar-refractivity contribution in [1.29, 1.82) is 0 Å². The molecule has 1 N–H and O–H groups in total. The number of nitrogens with zero attached hydrogens (tertiary/aromatic N) is 1. The lowest BCUT2D eigenvalue weighted by atomic mass is 10.1. The summed E-state index contributed by atoms with van der Waals surface area (Å²) in [6, 6.07) is 15.4. The highest BCUT2D eigenvalue weighted by molar-refractivity contribution is 7.07. The van der Waals surface area contributed by atoms with Crippen LogP contribution in [0, 0.1) is 0 Å². The molecular formula is C31H43N2O2S+. The van der Waals surface area contributed by atoms with E-state index in [9.17, 15) is 4.79 Å². The second-order valence-corrected chi connectivity index (χ2v) is 10.4. The molecule has 0 radical (unpaired) electrons. The molecule has 4 nitrogen and oxygen atoms in total. The van der Waals surface area contributed by atoms with Crippen molar-refractivity contribution in [2.75, 3.05) is 11.9 Å². The van der Waals surface area contributed by atoms with Gasteiger partial charge >= 0.3 is 0 Å². The summed E-state index contributed by atoms with van der Waals surface area (Å²) in [5, 5.41) is 5.06. The van der Waals surface area contributed by atoms with Crippen LogP contribution in [-0.2, 0) is 6.54 Å². The molecule has 0 spiro atoms. The molecule has 0 fully saturated rings. The number of carbonyl (C=O) groups is 1. The average Bonchev–Trinajstić information content (AvgIpc) is 3.40. The summed E-state index contributed by atoms with van der Waals surface area (Å²) in [6.07, 6.45) is 18.1. The van der Waals surface area contributed by atoms with Crippen molar-refractivity contribution >= 4 is 22.9 Å². The van der Waals surface area contributed by atoms with Crippen LogP contribution in [-0.4, -0.2) is 12.5 Å². The van der Waals surface area contributed by atoms with Crippen LogP contribution in [0.5, 0.6) is 5.75 Å². The minimum atomic E-state index is -0.108. The van der Waals surface area contributed by atoms with E-state index in [0.717, 1.165) is 36.6 Å². The van der Waals surface area contributed by atoms with Crippen molar-refractivity contribution in [2.45, 2.75) is 90.5 Å². The van der Waals surface area contributed by atoms with E-state index in [1.165, 1.54) is 70.6 Å². The molecule has 0 aliphatic heterocycles. The van der Waals surface area contributed by atoms with E-state index in [1.807, 2.05) is 42.5 Å². The van der Waals surface area contributed by atoms with Crippen molar-refractivity contribution in [1.82, 2.24) is 0 Å². The van der Waals surface area contributed by atoms with Crippen molar-refractivity contribution in [3.8, 4) is 5.75 Å². The van der Waals surface area contributed by atoms with E-state index in [4.69, 9.17) is 4.74 Å². The smallest absolute Gasteiger partial charge is 0.255 e. The van der Waals surface area contributed by atoms with Gasteiger partial charge in [-0.2, -0.15) is 4.57 Å². The lowest BCUT2D eigenvalue weighted by Gasteiger charge is -2.09. The fourth-order valence-electron chi connectivity index (χ4n) is 4.35. The first-order valence-corrected chi connectivity index (χ1v) is 14.7. The normalized spacial score (nSPS) is 10.9. The highest BCUT2D eigenvalue weighted by Crippen LogP contribution is 2.17. The third-order valence-electron chi connectivity index (χ3n) is 6.46. The zero-order chi connectivity index (χ0) is 25.3. The number of amides is 1. The highest BCUT2D eigenvalue weighted by atomic mass is 32.1. The van der Waals surface area contributed by atoms with E-state index >= 15 is 0 Å². The zero-order valence-electron chi connectivity index (χ0n) is 21.9. The summed E-state index contributed by atoms with van der Waals surface area (Å²) in [4.78, 5) is 12.7. The van der Waals surface area contributed by atoms with Gasteiger partial charge in [0.1, 0.15) is 5.75 Å². The predicted molar refractivity (Wildman–Crippen MR) is 151 cm³/mol. The number of hydrogen-bond acceptors (Lipinski definition) is 3. The van der Waals surface area contributed by atoms with Gasteiger partial charge in [-0.1, -0.05) is 101 Å². The molecule has 3 aromatic rings. The third-order valence-corrected chi connectivity index (χ3v) is 7.13. The van der Waals surface area contributed by atoms with Gasteiger partial charge in [0, 0.05) is 16.8 Å². The second-order valence-electron chi connectivity index (χ2n) is 9.62. The maximum atomic E-state index is 12.7. The fourth-order valence-corrected chi connectivity index (χ4v) is 4.95. The molecule has 0 atom stereocenters. The molecule has 2 aromatic carbocycles. The first-order valence-electron chi connectivity index (χ1n) is 13.8. The van der Waals surface area contributed by atoms with E-state index < -0.39 is 0 Å². The summed E-state index contributed by atoms with van der Waals surface area (Å²) in [6.45, 7) is 3.80. The molecule has 36 heavy (non-hydrogen) atoms. The van der Waals surface area contributed by atoms with Crippen LogP contribution >= 0.6 is 11.3 Å². The van der Waals surface area contributed by atoms with Gasteiger partial charge in [0.15, 0.2) is 12.7 Å². The van der Waals surface area contributed by atoms with Crippen LogP contribution in [0.1, 0.15) is 99.9 Å². The second kappa shape index (κ2) is 16.9. The first kappa shape index (κ1) is 27.9.